The van der Waals surface area contributed by atoms with Crippen LogP contribution in [-0.4, -0.2) is 41.3 Å². The molecule has 1 rings (SSSR count). The standard InChI is InChI=1S/C11H14N2O5/c1-7-9(12(2)3-4-14)5-8(11(15)16)6-10(7)13(17)18/h5-6,14H,3-4H2,1-2H3,(H,15,16). The minimum absolute atomic E-state index is 0.124. The summed E-state index contributed by atoms with van der Waals surface area (Å²) in [6, 6.07) is 2.40. The summed E-state index contributed by atoms with van der Waals surface area (Å²) < 4.78 is 0. The van der Waals surface area contributed by atoms with Crippen molar-refractivity contribution in [1.82, 2.24) is 0 Å². The van der Waals surface area contributed by atoms with Crippen molar-refractivity contribution in [2.24, 2.45) is 0 Å². The van der Waals surface area contributed by atoms with Crippen molar-refractivity contribution in [3.63, 3.8) is 0 Å². The molecule has 1 aromatic carbocycles. The fourth-order valence-corrected chi connectivity index (χ4v) is 1.66. The summed E-state index contributed by atoms with van der Waals surface area (Å²) in [6.07, 6.45) is 0. The maximum absolute atomic E-state index is 10.9. The van der Waals surface area contributed by atoms with E-state index >= 15 is 0 Å². The zero-order valence-corrected chi connectivity index (χ0v) is 10.1. The molecular weight excluding hydrogens is 240 g/mol. The second-order valence-corrected chi connectivity index (χ2v) is 3.85. The van der Waals surface area contributed by atoms with Gasteiger partial charge in [-0.15, -0.1) is 0 Å². The molecule has 0 bridgehead atoms. The van der Waals surface area contributed by atoms with E-state index < -0.39 is 10.9 Å². The van der Waals surface area contributed by atoms with E-state index in [-0.39, 0.29) is 24.4 Å². The minimum atomic E-state index is -1.23. The minimum Gasteiger partial charge on any atom is -0.478 e. The number of carboxylic acids is 1. The Bertz CT molecular complexity index is 487. The molecule has 7 heteroatoms. The third-order valence-corrected chi connectivity index (χ3v) is 2.64. The second-order valence-electron chi connectivity index (χ2n) is 3.85. The molecule has 0 fully saturated rings. The van der Waals surface area contributed by atoms with Crippen molar-refractivity contribution in [3.05, 3.63) is 33.4 Å². The molecule has 0 heterocycles. The van der Waals surface area contributed by atoms with E-state index in [2.05, 4.69) is 0 Å². The molecule has 7 nitrogen and oxygen atoms in total. The van der Waals surface area contributed by atoms with Crippen LogP contribution in [0.4, 0.5) is 11.4 Å². The molecule has 0 unspecified atom stereocenters. The molecule has 98 valence electrons. The zero-order valence-electron chi connectivity index (χ0n) is 10.1. The van der Waals surface area contributed by atoms with Crippen molar-refractivity contribution in [2.45, 2.75) is 6.92 Å². The number of nitro benzene ring substituents is 1. The van der Waals surface area contributed by atoms with Gasteiger partial charge >= 0.3 is 5.97 Å². The molecule has 0 saturated carbocycles. The average molecular weight is 254 g/mol. The van der Waals surface area contributed by atoms with Crippen molar-refractivity contribution in [2.75, 3.05) is 25.1 Å². The lowest BCUT2D eigenvalue weighted by Gasteiger charge is -2.20. The summed E-state index contributed by atoms with van der Waals surface area (Å²) in [7, 11) is 1.63. The van der Waals surface area contributed by atoms with Crippen LogP contribution in [0.1, 0.15) is 15.9 Å². The first-order chi connectivity index (χ1) is 8.38. The van der Waals surface area contributed by atoms with E-state index in [0.29, 0.717) is 11.3 Å². The Balaban J connectivity index is 3.40. The van der Waals surface area contributed by atoms with Gasteiger partial charge in [0.15, 0.2) is 0 Å². The van der Waals surface area contributed by atoms with Crippen LogP contribution in [0.3, 0.4) is 0 Å². The predicted molar refractivity (Wildman–Crippen MR) is 65.1 cm³/mol. The topological polar surface area (TPSA) is 104 Å². The van der Waals surface area contributed by atoms with Gasteiger partial charge in [0.1, 0.15) is 0 Å². The third-order valence-electron chi connectivity index (χ3n) is 2.64. The first-order valence-corrected chi connectivity index (χ1v) is 5.22. The number of benzene rings is 1. The molecule has 0 aliphatic rings. The zero-order chi connectivity index (χ0) is 13.9. The number of carboxylic acid groups (broad SMARTS) is 1. The maximum Gasteiger partial charge on any atom is 0.336 e. The Hall–Kier alpha value is -2.15. The number of nitrogens with zero attached hydrogens (tertiary/aromatic N) is 2. The fourth-order valence-electron chi connectivity index (χ4n) is 1.66. The van der Waals surface area contributed by atoms with Crippen LogP contribution >= 0.6 is 0 Å². The highest BCUT2D eigenvalue weighted by Crippen LogP contribution is 2.29. The van der Waals surface area contributed by atoms with E-state index in [1.807, 2.05) is 0 Å². The average Bonchev–Trinajstić information content (AvgIpc) is 2.28. The lowest BCUT2D eigenvalue weighted by Crippen LogP contribution is -2.22. The van der Waals surface area contributed by atoms with E-state index in [0.717, 1.165) is 6.07 Å². The van der Waals surface area contributed by atoms with E-state index in [4.69, 9.17) is 10.2 Å². The van der Waals surface area contributed by atoms with Crippen LogP contribution in [0.2, 0.25) is 0 Å². The number of aromatic carboxylic acids is 1. The van der Waals surface area contributed by atoms with E-state index in [1.54, 1.807) is 18.9 Å². The summed E-state index contributed by atoms with van der Waals surface area (Å²) in [4.78, 5) is 22.8. The Morgan fingerprint density at radius 2 is 2.11 bits per heavy atom. The van der Waals surface area contributed by atoms with Crippen molar-refractivity contribution < 1.29 is 19.9 Å². The smallest absolute Gasteiger partial charge is 0.336 e. The number of carbonyl (C=O) groups is 1. The first kappa shape index (κ1) is 13.9. The van der Waals surface area contributed by atoms with E-state index in [1.165, 1.54) is 6.07 Å². The lowest BCUT2D eigenvalue weighted by atomic mass is 10.1. The molecule has 0 atom stereocenters. The number of aliphatic hydroxyl groups is 1. The lowest BCUT2D eigenvalue weighted by molar-refractivity contribution is -0.385. The summed E-state index contributed by atoms with van der Waals surface area (Å²) >= 11 is 0. The largest absolute Gasteiger partial charge is 0.478 e. The highest BCUT2D eigenvalue weighted by molar-refractivity contribution is 5.90. The van der Waals surface area contributed by atoms with Crippen LogP contribution < -0.4 is 4.90 Å². The molecule has 0 aliphatic heterocycles. The Morgan fingerprint density at radius 3 is 2.56 bits per heavy atom. The Labute approximate surface area is 103 Å². The molecule has 0 saturated heterocycles. The summed E-state index contributed by atoms with van der Waals surface area (Å²) in [5, 5.41) is 28.7. The summed E-state index contributed by atoms with van der Waals surface area (Å²) in [5.41, 5.74) is 0.415. The highest BCUT2D eigenvalue weighted by Gasteiger charge is 2.20. The summed E-state index contributed by atoms with van der Waals surface area (Å²) in [5.74, 6) is -1.23. The Kier molecular flexibility index (Phi) is 4.22. The van der Waals surface area contributed by atoms with Crippen molar-refractivity contribution in [1.29, 1.82) is 0 Å². The summed E-state index contributed by atoms with van der Waals surface area (Å²) in [6.45, 7) is 1.69. The molecule has 0 aromatic heterocycles. The molecule has 18 heavy (non-hydrogen) atoms. The SMILES string of the molecule is Cc1c(N(C)CCO)cc(C(=O)O)cc1[N+](=O)[O-]. The van der Waals surface area contributed by atoms with Crippen LogP contribution in [0.15, 0.2) is 12.1 Å². The van der Waals surface area contributed by atoms with Gasteiger partial charge in [-0.3, -0.25) is 10.1 Å². The van der Waals surface area contributed by atoms with Gasteiger partial charge in [-0.2, -0.15) is 0 Å². The quantitative estimate of drug-likeness (QED) is 0.600. The molecule has 0 radical (unpaired) electrons. The number of likely N-dealkylation sites (N-methyl/N-ethyl adjacent to an activating group) is 1. The number of rotatable bonds is 5. The van der Waals surface area contributed by atoms with Gasteiger partial charge in [-0.1, -0.05) is 0 Å². The molecule has 0 spiro atoms. The number of nitro groups is 1. The molecular formula is C11H14N2O5. The van der Waals surface area contributed by atoms with Gasteiger partial charge in [-0.25, -0.2) is 4.79 Å². The van der Waals surface area contributed by atoms with Gasteiger partial charge in [0, 0.05) is 25.3 Å². The first-order valence-electron chi connectivity index (χ1n) is 5.22. The van der Waals surface area contributed by atoms with Gasteiger partial charge < -0.3 is 15.1 Å². The van der Waals surface area contributed by atoms with Crippen LogP contribution in [-0.2, 0) is 0 Å². The number of hydrogen-bond acceptors (Lipinski definition) is 5. The number of anilines is 1. The van der Waals surface area contributed by atoms with Crippen molar-refractivity contribution >= 4 is 17.3 Å². The molecule has 1 aromatic rings. The van der Waals surface area contributed by atoms with Crippen LogP contribution in [0.5, 0.6) is 0 Å². The molecule has 0 aliphatic carbocycles. The van der Waals surface area contributed by atoms with Crippen LogP contribution in [0.25, 0.3) is 0 Å². The van der Waals surface area contributed by atoms with E-state index in [9.17, 15) is 14.9 Å². The molecule has 0 amide bonds. The maximum atomic E-state index is 10.9. The second kappa shape index (κ2) is 5.46. The van der Waals surface area contributed by atoms with Gasteiger partial charge in [-0.05, 0) is 13.0 Å². The van der Waals surface area contributed by atoms with Gasteiger partial charge in [0.2, 0.25) is 0 Å². The van der Waals surface area contributed by atoms with Gasteiger partial charge in [0.25, 0.3) is 5.69 Å². The predicted octanol–water partition coefficient (Wildman–Crippen LogP) is 1.03. The molecule has 2 N–H and O–H groups in total. The normalized spacial score (nSPS) is 10.2. The number of aliphatic hydroxyl groups excluding tert-OH is 1. The third kappa shape index (κ3) is 2.75. The monoisotopic (exact) mass is 254 g/mol. The fraction of sp³-hybridized carbons (Fsp3) is 0.364. The highest BCUT2D eigenvalue weighted by atomic mass is 16.6. The number of hydrogen-bond donors (Lipinski definition) is 2. The van der Waals surface area contributed by atoms with Gasteiger partial charge in [0.05, 0.1) is 22.7 Å². The van der Waals surface area contributed by atoms with Crippen LogP contribution in [0, 0.1) is 17.0 Å². The Morgan fingerprint density at radius 1 is 1.50 bits per heavy atom. The van der Waals surface area contributed by atoms with Crippen molar-refractivity contribution in [3.8, 4) is 0 Å².